The molecule has 2 heterocycles. The third-order valence-corrected chi connectivity index (χ3v) is 3.30. The van der Waals surface area contributed by atoms with Gasteiger partial charge in [-0.05, 0) is 32.9 Å². The van der Waals surface area contributed by atoms with E-state index in [4.69, 9.17) is 0 Å². The van der Waals surface area contributed by atoms with Crippen LogP contribution in [0.5, 0.6) is 0 Å². The smallest absolute Gasteiger partial charge is 0.272 e. The first kappa shape index (κ1) is 15.0. The number of aromatic nitrogens is 2. The van der Waals surface area contributed by atoms with Crippen LogP contribution in [0.2, 0.25) is 0 Å². The zero-order valence-corrected chi connectivity index (χ0v) is 12.0. The Morgan fingerprint density at radius 3 is 2.89 bits per heavy atom. The molecule has 0 aliphatic carbocycles. The highest BCUT2D eigenvalue weighted by atomic mass is 35.5. The van der Waals surface area contributed by atoms with Crippen molar-refractivity contribution in [3.8, 4) is 0 Å². The first-order valence-electron chi connectivity index (χ1n) is 6.09. The van der Waals surface area contributed by atoms with Crippen molar-refractivity contribution < 1.29 is 4.79 Å². The average Bonchev–Trinajstić information content (AvgIpc) is 2.85. The fourth-order valence-electron chi connectivity index (χ4n) is 2.51. The molecule has 1 aliphatic rings. The lowest BCUT2D eigenvalue weighted by Gasteiger charge is -2.24. The van der Waals surface area contributed by atoms with Crippen molar-refractivity contribution in [2.75, 3.05) is 20.1 Å². The Balaban J connectivity index is 0.00000162. The minimum atomic E-state index is 0. The Kier molecular flexibility index (Phi) is 5.16. The van der Waals surface area contributed by atoms with Crippen LogP contribution < -0.4 is 5.32 Å². The van der Waals surface area contributed by atoms with Gasteiger partial charge in [0.15, 0.2) is 0 Å². The molecule has 6 heteroatoms. The van der Waals surface area contributed by atoms with Gasteiger partial charge in [0.2, 0.25) is 0 Å². The molecule has 0 spiro atoms. The fourth-order valence-corrected chi connectivity index (χ4v) is 2.51. The summed E-state index contributed by atoms with van der Waals surface area (Å²) in [5, 5.41) is 7.38. The van der Waals surface area contributed by atoms with Crippen molar-refractivity contribution in [2.45, 2.75) is 25.8 Å². The van der Waals surface area contributed by atoms with Gasteiger partial charge in [-0.25, -0.2) is 0 Å². The van der Waals surface area contributed by atoms with E-state index in [0.29, 0.717) is 11.7 Å². The maximum atomic E-state index is 12.4. The van der Waals surface area contributed by atoms with Crippen molar-refractivity contribution in [1.82, 2.24) is 20.0 Å². The third kappa shape index (κ3) is 2.84. The van der Waals surface area contributed by atoms with Gasteiger partial charge in [-0.15, -0.1) is 12.4 Å². The van der Waals surface area contributed by atoms with E-state index in [-0.39, 0.29) is 18.3 Å². The van der Waals surface area contributed by atoms with E-state index >= 15 is 0 Å². The van der Waals surface area contributed by atoms with Crippen molar-refractivity contribution in [3.63, 3.8) is 0 Å². The van der Waals surface area contributed by atoms with Crippen LogP contribution in [0.25, 0.3) is 0 Å². The molecule has 5 nitrogen and oxygen atoms in total. The van der Waals surface area contributed by atoms with Gasteiger partial charge in [0, 0.05) is 26.2 Å². The molecule has 0 aromatic carbocycles. The number of likely N-dealkylation sites (N-methyl/N-ethyl adjacent to an activating group) is 1. The maximum Gasteiger partial charge on any atom is 0.272 e. The molecule has 0 bridgehead atoms. The van der Waals surface area contributed by atoms with Gasteiger partial charge in [-0.2, -0.15) is 5.10 Å². The lowest BCUT2D eigenvalue weighted by Crippen LogP contribution is -2.41. The van der Waals surface area contributed by atoms with Crippen LogP contribution in [0.1, 0.15) is 29.0 Å². The number of nitrogens with zero attached hydrogens (tertiary/aromatic N) is 3. The molecule has 1 fully saturated rings. The molecule has 1 amide bonds. The van der Waals surface area contributed by atoms with Crippen LogP contribution in [-0.2, 0) is 7.05 Å². The zero-order valence-electron chi connectivity index (χ0n) is 11.1. The maximum absolute atomic E-state index is 12.4. The summed E-state index contributed by atoms with van der Waals surface area (Å²) in [5.74, 6) is 0.103. The number of aryl methyl sites for hydroxylation is 2. The molecule has 2 rings (SSSR count). The average molecular weight is 273 g/mol. The van der Waals surface area contributed by atoms with E-state index in [2.05, 4.69) is 10.4 Å². The molecular formula is C12H21ClN4O. The molecule has 0 saturated carbocycles. The van der Waals surface area contributed by atoms with Crippen molar-refractivity contribution in [3.05, 3.63) is 17.5 Å². The number of carbonyl (C=O) groups excluding carboxylic acids is 1. The van der Waals surface area contributed by atoms with Crippen LogP contribution in [-0.4, -0.2) is 46.8 Å². The Hall–Kier alpha value is -1.07. The Bertz CT molecular complexity index is 418. The first-order chi connectivity index (χ1) is 8.13. The summed E-state index contributed by atoms with van der Waals surface area (Å²) in [6.07, 6.45) is 2.18. The van der Waals surface area contributed by atoms with E-state index < -0.39 is 0 Å². The van der Waals surface area contributed by atoms with E-state index in [1.807, 2.05) is 32.0 Å². The highest BCUT2D eigenvalue weighted by Gasteiger charge is 2.30. The molecule has 1 unspecified atom stereocenters. The van der Waals surface area contributed by atoms with E-state index in [0.717, 1.165) is 31.6 Å². The number of hydrogen-bond donors (Lipinski definition) is 1. The predicted octanol–water partition coefficient (Wildman–Crippen LogP) is 0.974. The monoisotopic (exact) mass is 272 g/mol. The van der Waals surface area contributed by atoms with Crippen molar-refractivity contribution >= 4 is 18.3 Å². The quantitative estimate of drug-likeness (QED) is 0.892. The highest BCUT2D eigenvalue weighted by molar-refractivity contribution is 5.93. The summed E-state index contributed by atoms with van der Waals surface area (Å²) in [6.45, 7) is 3.63. The van der Waals surface area contributed by atoms with Crippen LogP contribution in [0, 0.1) is 6.92 Å². The van der Waals surface area contributed by atoms with Crippen LogP contribution in [0.15, 0.2) is 6.07 Å². The lowest BCUT2D eigenvalue weighted by atomic mass is 10.2. The van der Waals surface area contributed by atoms with Gasteiger partial charge in [-0.3, -0.25) is 9.48 Å². The lowest BCUT2D eigenvalue weighted by molar-refractivity contribution is 0.0726. The predicted molar refractivity (Wildman–Crippen MR) is 73.2 cm³/mol. The van der Waals surface area contributed by atoms with Crippen molar-refractivity contribution in [2.24, 2.45) is 7.05 Å². The molecule has 0 radical (unpaired) electrons. The number of likely N-dealkylation sites (tertiary alicyclic amines) is 1. The third-order valence-electron chi connectivity index (χ3n) is 3.30. The Morgan fingerprint density at radius 1 is 1.61 bits per heavy atom. The number of rotatable bonds is 3. The summed E-state index contributed by atoms with van der Waals surface area (Å²) in [6, 6.07) is 2.18. The molecule has 1 atom stereocenters. The molecule has 1 aromatic rings. The summed E-state index contributed by atoms with van der Waals surface area (Å²) < 4.78 is 1.67. The minimum absolute atomic E-state index is 0. The number of hydrogen-bond acceptors (Lipinski definition) is 3. The van der Waals surface area contributed by atoms with Gasteiger partial charge in [-0.1, -0.05) is 0 Å². The number of halogens is 1. The Labute approximate surface area is 114 Å². The number of amides is 1. The van der Waals surface area contributed by atoms with Gasteiger partial charge < -0.3 is 10.2 Å². The molecule has 1 saturated heterocycles. The standard InChI is InChI=1S/C12H20N4O.ClH/c1-9-7-11(15(3)14-9)12(17)16-6-4-5-10(16)8-13-2;/h7,10,13H,4-6,8H2,1-3H3;1H. The van der Waals surface area contributed by atoms with Crippen LogP contribution >= 0.6 is 12.4 Å². The summed E-state index contributed by atoms with van der Waals surface area (Å²) in [4.78, 5) is 14.4. The van der Waals surface area contributed by atoms with E-state index in [1.165, 1.54) is 0 Å². The summed E-state index contributed by atoms with van der Waals surface area (Å²) in [5.41, 5.74) is 1.57. The highest BCUT2D eigenvalue weighted by Crippen LogP contribution is 2.19. The van der Waals surface area contributed by atoms with Gasteiger partial charge >= 0.3 is 0 Å². The zero-order chi connectivity index (χ0) is 12.4. The second-order valence-electron chi connectivity index (χ2n) is 4.65. The largest absolute Gasteiger partial charge is 0.333 e. The molecule has 1 aromatic heterocycles. The summed E-state index contributed by atoms with van der Waals surface area (Å²) >= 11 is 0. The molecule has 102 valence electrons. The first-order valence-corrected chi connectivity index (χ1v) is 6.09. The number of carbonyl (C=O) groups is 1. The van der Waals surface area contributed by atoms with Gasteiger partial charge in [0.05, 0.1) is 5.69 Å². The van der Waals surface area contributed by atoms with Crippen LogP contribution in [0.4, 0.5) is 0 Å². The van der Waals surface area contributed by atoms with Gasteiger partial charge in [0.25, 0.3) is 5.91 Å². The Morgan fingerprint density at radius 2 is 2.33 bits per heavy atom. The number of nitrogens with one attached hydrogen (secondary N) is 1. The fraction of sp³-hybridized carbons (Fsp3) is 0.667. The van der Waals surface area contributed by atoms with E-state index in [9.17, 15) is 4.79 Å². The van der Waals surface area contributed by atoms with E-state index in [1.54, 1.807) is 4.68 Å². The van der Waals surface area contributed by atoms with Crippen molar-refractivity contribution in [1.29, 1.82) is 0 Å². The molecule has 18 heavy (non-hydrogen) atoms. The topological polar surface area (TPSA) is 50.2 Å². The normalized spacial score (nSPS) is 18.8. The molecular weight excluding hydrogens is 252 g/mol. The van der Waals surface area contributed by atoms with Gasteiger partial charge in [0.1, 0.15) is 5.69 Å². The minimum Gasteiger partial charge on any atom is -0.333 e. The van der Waals surface area contributed by atoms with Crippen LogP contribution in [0.3, 0.4) is 0 Å². The molecule has 1 N–H and O–H groups in total. The second-order valence-corrected chi connectivity index (χ2v) is 4.65. The summed E-state index contributed by atoms with van der Waals surface area (Å²) in [7, 11) is 3.75. The SMILES string of the molecule is CNCC1CCCN1C(=O)c1cc(C)nn1C.Cl. The molecule has 1 aliphatic heterocycles. The second kappa shape index (κ2) is 6.20.